The molecule has 0 bridgehead atoms. The largest absolute Gasteiger partial charge is 0.486 e. The predicted octanol–water partition coefficient (Wildman–Crippen LogP) is 5.64. The standard InChI is InChI=1S/C35H36ClN7O3/c1-4-29(44)43-17-16-42(20-24(43)18-37-2)34-27-19-38-31(26-11-5-8-22-9-6-12-28(36)30(22)26)33(46-25-13-14-25)32(27)39-35(40-34)45-21-23-10-7-15-41(23)3/h4-6,8-9,11-12,19,23-25H,1,7,10,13-18,20-21H2,3H3/t23-,24-/m0/s1. The third kappa shape index (κ3) is 5.81. The Balaban J connectivity index is 1.38. The van der Waals surface area contributed by atoms with Crippen LogP contribution >= 0.6 is 11.6 Å². The van der Waals surface area contributed by atoms with E-state index in [0.29, 0.717) is 54.0 Å². The minimum Gasteiger partial charge on any atom is -0.486 e. The van der Waals surface area contributed by atoms with Crippen molar-refractivity contribution in [3.63, 3.8) is 0 Å². The van der Waals surface area contributed by atoms with Gasteiger partial charge in [0, 0.05) is 47.8 Å². The molecule has 1 amide bonds. The first-order valence-corrected chi connectivity index (χ1v) is 16.2. The summed E-state index contributed by atoms with van der Waals surface area (Å²) in [5.74, 6) is 1.05. The number of nitrogens with zero attached hydrogens (tertiary/aromatic N) is 7. The van der Waals surface area contributed by atoms with Crippen molar-refractivity contribution in [1.82, 2.24) is 24.8 Å². The van der Waals surface area contributed by atoms with Gasteiger partial charge >= 0.3 is 6.01 Å². The molecule has 3 fully saturated rings. The van der Waals surface area contributed by atoms with Gasteiger partial charge in [-0.2, -0.15) is 9.97 Å². The van der Waals surface area contributed by atoms with Gasteiger partial charge in [-0.1, -0.05) is 48.5 Å². The summed E-state index contributed by atoms with van der Waals surface area (Å²) < 4.78 is 13.0. The van der Waals surface area contributed by atoms with E-state index in [1.807, 2.05) is 36.4 Å². The van der Waals surface area contributed by atoms with E-state index in [-0.39, 0.29) is 36.7 Å². The fourth-order valence-corrected chi connectivity index (χ4v) is 6.84. The molecule has 1 aliphatic carbocycles. The molecular weight excluding hydrogens is 602 g/mol. The Bertz CT molecular complexity index is 1850. The number of aromatic nitrogens is 3. The summed E-state index contributed by atoms with van der Waals surface area (Å²) in [5.41, 5.74) is 2.15. The van der Waals surface area contributed by atoms with Crippen LogP contribution in [0.1, 0.15) is 25.7 Å². The number of anilines is 1. The lowest BCUT2D eigenvalue weighted by atomic mass is 10.0. The number of ether oxygens (including phenoxy) is 2. The lowest BCUT2D eigenvalue weighted by Crippen LogP contribution is -2.56. The summed E-state index contributed by atoms with van der Waals surface area (Å²) >= 11 is 6.77. The minimum absolute atomic E-state index is 0.0722. The zero-order valence-corrected chi connectivity index (χ0v) is 26.6. The van der Waals surface area contributed by atoms with Crippen LogP contribution in [-0.4, -0.2) is 95.2 Å². The van der Waals surface area contributed by atoms with E-state index in [0.717, 1.165) is 54.0 Å². The summed E-state index contributed by atoms with van der Waals surface area (Å²) in [6, 6.07) is 12.2. The van der Waals surface area contributed by atoms with Gasteiger partial charge in [0.25, 0.3) is 0 Å². The molecule has 2 aliphatic heterocycles. The van der Waals surface area contributed by atoms with Gasteiger partial charge in [0.1, 0.15) is 29.7 Å². The smallest absolute Gasteiger partial charge is 0.319 e. The van der Waals surface area contributed by atoms with Crippen LogP contribution in [0.3, 0.4) is 0 Å². The fourth-order valence-electron chi connectivity index (χ4n) is 6.56. The van der Waals surface area contributed by atoms with E-state index in [9.17, 15) is 4.79 Å². The van der Waals surface area contributed by atoms with Gasteiger partial charge in [0.2, 0.25) is 12.5 Å². The van der Waals surface area contributed by atoms with Gasteiger partial charge in [0.15, 0.2) is 5.75 Å². The summed E-state index contributed by atoms with van der Waals surface area (Å²) in [6.45, 7) is 14.3. The van der Waals surface area contributed by atoms with Crippen molar-refractivity contribution in [2.45, 2.75) is 43.9 Å². The van der Waals surface area contributed by atoms with Crippen LogP contribution in [0, 0.1) is 6.57 Å². The number of benzene rings is 2. The van der Waals surface area contributed by atoms with Gasteiger partial charge in [-0.05, 0) is 56.8 Å². The Morgan fingerprint density at radius 1 is 1.13 bits per heavy atom. The monoisotopic (exact) mass is 637 g/mol. The Labute approximate surface area is 273 Å². The second-order valence-electron chi connectivity index (χ2n) is 12.3. The molecule has 7 rings (SSSR count). The van der Waals surface area contributed by atoms with Crippen LogP contribution in [0.4, 0.5) is 5.82 Å². The van der Waals surface area contributed by atoms with Crippen molar-refractivity contribution in [2.24, 2.45) is 0 Å². The Kier molecular flexibility index (Phi) is 8.36. The van der Waals surface area contributed by atoms with E-state index in [1.54, 1.807) is 11.1 Å². The molecule has 10 nitrogen and oxygen atoms in total. The van der Waals surface area contributed by atoms with E-state index in [4.69, 9.17) is 42.6 Å². The number of hydrogen-bond donors (Lipinski definition) is 0. The molecule has 2 saturated heterocycles. The molecule has 0 N–H and O–H groups in total. The first-order valence-electron chi connectivity index (χ1n) is 15.8. The van der Waals surface area contributed by atoms with Crippen molar-refractivity contribution in [3.05, 3.63) is 71.7 Å². The van der Waals surface area contributed by atoms with Crippen LogP contribution in [0.5, 0.6) is 11.8 Å². The molecule has 4 heterocycles. The number of rotatable bonds is 9. The zero-order chi connectivity index (χ0) is 31.8. The van der Waals surface area contributed by atoms with Crippen LogP contribution in [0.15, 0.2) is 55.3 Å². The van der Waals surface area contributed by atoms with Gasteiger partial charge in [0.05, 0.1) is 11.5 Å². The van der Waals surface area contributed by atoms with Crippen molar-refractivity contribution in [3.8, 4) is 23.0 Å². The van der Waals surface area contributed by atoms with Crippen molar-refractivity contribution in [2.75, 3.05) is 51.3 Å². The van der Waals surface area contributed by atoms with Crippen molar-refractivity contribution < 1.29 is 14.3 Å². The molecule has 2 aromatic heterocycles. The Morgan fingerprint density at radius 2 is 1.96 bits per heavy atom. The van der Waals surface area contributed by atoms with Gasteiger partial charge in [-0.3, -0.25) is 9.78 Å². The molecule has 0 radical (unpaired) electrons. The molecule has 11 heteroatoms. The SMILES string of the molecule is [C-]#[N+]C[C@H]1CN(c2nc(OC[C@@H]3CCCN3C)nc3c(OC4CC4)c(-c4cccc5cccc(Cl)c45)ncc23)CCN1C(=O)C=C. The number of piperazine rings is 1. The quantitative estimate of drug-likeness (QED) is 0.172. The van der Waals surface area contributed by atoms with Gasteiger partial charge < -0.3 is 29.0 Å². The highest BCUT2D eigenvalue weighted by Crippen LogP contribution is 2.44. The van der Waals surface area contributed by atoms with Crippen molar-refractivity contribution in [1.29, 1.82) is 0 Å². The average molecular weight is 638 g/mol. The minimum atomic E-state index is -0.314. The highest BCUT2D eigenvalue weighted by atomic mass is 35.5. The van der Waals surface area contributed by atoms with Crippen LogP contribution < -0.4 is 14.4 Å². The molecule has 2 atom stereocenters. The second-order valence-corrected chi connectivity index (χ2v) is 12.7. The first kappa shape index (κ1) is 30.2. The number of carbonyl (C=O) groups excluding carboxylic acids is 1. The van der Waals surface area contributed by atoms with Gasteiger partial charge in [-0.25, -0.2) is 6.57 Å². The Hall–Kier alpha value is -4.46. The van der Waals surface area contributed by atoms with E-state index < -0.39 is 0 Å². The number of halogens is 1. The predicted molar refractivity (Wildman–Crippen MR) is 179 cm³/mol. The molecular formula is C35H36ClN7O3. The maximum Gasteiger partial charge on any atom is 0.319 e. The highest BCUT2D eigenvalue weighted by molar-refractivity contribution is 6.36. The molecule has 3 aliphatic rings. The summed E-state index contributed by atoms with van der Waals surface area (Å²) in [6.07, 6.45) is 7.29. The highest BCUT2D eigenvalue weighted by Gasteiger charge is 2.35. The lowest BCUT2D eigenvalue weighted by molar-refractivity contribution is -0.128. The number of fused-ring (bicyclic) bond motifs is 2. The van der Waals surface area contributed by atoms with Crippen LogP contribution in [0.2, 0.25) is 5.02 Å². The van der Waals surface area contributed by atoms with E-state index >= 15 is 0 Å². The van der Waals surface area contributed by atoms with E-state index in [1.165, 1.54) is 6.08 Å². The zero-order valence-electron chi connectivity index (χ0n) is 25.9. The lowest BCUT2D eigenvalue weighted by Gasteiger charge is -2.39. The number of amides is 1. The normalized spacial score (nSPS) is 20.2. The molecule has 4 aromatic rings. The first-order chi connectivity index (χ1) is 22.4. The molecule has 46 heavy (non-hydrogen) atoms. The molecule has 0 unspecified atom stereocenters. The van der Waals surface area contributed by atoms with Gasteiger partial charge in [-0.15, -0.1) is 0 Å². The van der Waals surface area contributed by atoms with E-state index in [2.05, 4.69) is 28.3 Å². The maximum absolute atomic E-state index is 12.6. The number of hydrogen-bond acceptors (Lipinski definition) is 8. The average Bonchev–Trinajstić information content (AvgIpc) is 3.80. The topological polar surface area (TPSA) is 88.3 Å². The summed E-state index contributed by atoms with van der Waals surface area (Å²) in [7, 11) is 2.12. The van der Waals surface area contributed by atoms with Crippen LogP contribution in [-0.2, 0) is 4.79 Å². The number of likely N-dealkylation sites (tertiary alicyclic amines) is 1. The molecule has 1 saturated carbocycles. The third-order valence-corrected chi connectivity index (χ3v) is 9.51. The molecule has 2 aromatic carbocycles. The van der Waals surface area contributed by atoms with Crippen LogP contribution in [0.25, 0.3) is 37.8 Å². The van der Waals surface area contributed by atoms with Crippen molar-refractivity contribution >= 4 is 45.0 Å². The number of carbonyl (C=O) groups is 1. The number of pyridine rings is 1. The number of likely N-dealkylation sites (N-methyl/N-ethyl adjacent to an activating group) is 1. The molecule has 0 spiro atoms. The second kappa shape index (κ2) is 12.7. The fraction of sp³-hybridized carbons (Fsp3) is 0.400. The third-order valence-electron chi connectivity index (χ3n) is 9.19. The Morgan fingerprint density at radius 3 is 2.70 bits per heavy atom. The maximum atomic E-state index is 12.6. The summed E-state index contributed by atoms with van der Waals surface area (Å²) in [4.78, 5) is 37.4. The summed E-state index contributed by atoms with van der Waals surface area (Å²) in [5, 5.41) is 3.27. The molecule has 236 valence electrons.